The summed E-state index contributed by atoms with van der Waals surface area (Å²) in [7, 11) is 0. The molecule has 0 bridgehead atoms. The Hall–Kier alpha value is -5.36. The highest BCUT2D eigenvalue weighted by Gasteiger charge is 2.39. The first-order valence-corrected chi connectivity index (χ1v) is 15.0. The van der Waals surface area contributed by atoms with Gasteiger partial charge in [-0.15, -0.1) is 0 Å². The van der Waals surface area contributed by atoms with Crippen LogP contribution in [0.15, 0.2) is 118 Å². The van der Waals surface area contributed by atoms with E-state index in [1.807, 2.05) is 12.1 Å². The van der Waals surface area contributed by atoms with Crippen molar-refractivity contribution >= 4 is 57.0 Å². The molecule has 44 heavy (non-hydrogen) atoms. The third-order valence-electron chi connectivity index (χ3n) is 9.53. The molecule has 0 saturated heterocycles. The highest BCUT2D eigenvalue weighted by Crippen LogP contribution is 2.53. The van der Waals surface area contributed by atoms with Crippen molar-refractivity contribution in [3.05, 3.63) is 131 Å². The van der Waals surface area contributed by atoms with Crippen LogP contribution in [0, 0.1) is 0 Å². The van der Waals surface area contributed by atoms with Gasteiger partial charge in [0, 0.05) is 23.0 Å². The molecule has 0 unspecified atom stereocenters. The largest absolute Gasteiger partial charge is 0.423 e. The van der Waals surface area contributed by atoms with Crippen LogP contribution < -0.4 is 9.80 Å². The predicted molar refractivity (Wildman–Crippen MR) is 175 cm³/mol. The van der Waals surface area contributed by atoms with E-state index in [1.54, 1.807) is 0 Å². The Morgan fingerprint density at radius 3 is 1.07 bits per heavy atom. The van der Waals surface area contributed by atoms with Crippen molar-refractivity contribution in [2.75, 3.05) is 9.80 Å². The van der Waals surface area contributed by atoms with Crippen LogP contribution in [0.5, 0.6) is 0 Å². The summed E-state index contributed by atoms with van der Waals surface area (Å²) in [6.45, 7) is 9.08. The van der Waals surface area contributed by atoms with Gasteiger partial charge in [0.25, 0.3) is 0 Å². The summed E-state index contributed by atoms with van der Waals surface area (Å²) in [5.41, 5.74) is 11.6. The Morgan fingerprint density at radius 1 is 0.455 bits per heavy atom. The van der Waals surface area contributed by atoms with E-state index in [9.17, 15) is 0 Å². The first-order valence-electron chi connectivity index (χ1n) is 15.0. The van der Waals surface area contributed by atoms with E-state index in [1.165, 1.54) is 22.3 Å². The predicted octanol–water partition coefficient (Wildman–Crippen LogP) is 10.2. The average Bonchev–Trinajstić information content (AvgIpc) is 3.63. The Kier molecular flexibility index (Phi) is 4.92. The fraction of sp³-hybridized carbons (Fsp3) is 0.158. The van der Waals surface area contributed by atoms with Crippen molar-refractivity contribution in [3.8, 4) is 0 Å². The standard InChI is InChI=1S/C38H30N4O2/c1-37(2)23-13-5-9-17-29(23)41(30-18-10-6-14-24(30)37)35-39-27-21-34-28(22-33(27)43-35)40-36(44-34)42-31-19-11-7-15-25(31)38(3,4)26-16-8-12-20-32(26)42/h5-22H,1-4H3. The van der Waals surface area contributed by atoms with Crippen molar-refractivity contribution in [3.63, 3.8) is 0 Å². The molecule has 0 radical (unpaired) electrons. The van der Waals surface area contributed by atoms with Crippen molar-refractivity contribution < 1.29 is 8.83 Å². The van der Waals surface area contributed by atoms with Gasteiger partial charge in [0.1, 0.15) is 11.0 Å². The van der Waals surface area contributed by atoms with E-state index in [2.05, 4.69) is 135 Å². The zero-order chi connectivity index (χ0) is 29.8. The molecule has 0 saturated carbocycles. The SMILES string of the molecule is CC1(C)c2ccccc2N(c2nc3cc4oc(N5c6ccccc6C(C)(C)c6ccccc65)nc4cc3o2)c2ccccc21. The highest BCUT2D eigenvalue weighted by molar-refractivity contribution is 5.93. The molecule has 9 rings (SSSR count). The topological polar surface area (TPSA) is 58.5 Å². The van der Waals surface area contributed by atoms with Gasteiger partial charge in [-0.1, -0.05) is 100 Å². The second-order valence-corrected chi connectivity index (χ2v) is 12.8. The summed E-state index contributed by atoms with van der Waals surface area (Å²) < 4.78 is 13.0. The Bertz CT molecular complexity index is 1970. The fourth-order valence-electron chi connectivity index (χ4n) is 7.27. The van der Waals surface area contributed by atoms with E-state index in [-0.39, 0.29) is 10.8 Å². The second-order valence-electron chi connectivity index (χ2n) is 12.8. The molecule has 0 N–H and O–H groups in total. The third kappa shape index (κ3) is 3.31. The van der Waals surface area contributed by atoms with Crippen molar-refractivity contribution in [2.45, 2.75) is 38.5 Å². The second kappa shape index (κ2) is 8.60. The summed E-state index contributed by atoms with van der Waals surface area (Å²) in [5, 5.41) is 0. The van der Waals surface area contributed by atoms with E-state index in [0.29, 0.717) is 23.2 Å². The van der Waals surface area contributed by atoms with Gasteiger partial charge in [0.15, 0.2) is 11.2 Å². The maximum Gasteiger partial charge on any atom is 0.307 e. The normalized spacial score (nSPS) is 16.0. The molecule has 0 aliphatic carbocycles. The van der Waals surface area contributed by atoms with Crippen LogP contribution in [0.3, 0.4) is 0 Å². The number of nitrogens with zero attached hydrogens (tertiary/aromatic N) is 4. The van der Waals surface area contributed by atoms with Gasteiger partial charge in [-0.05, 0) is 46.5 Å². The maximum atomic E-state index is 6.51. The summed E-state index contributed by atoms with van der Waals surface area (Å²) in [6.07, 6.45) is 0. The Balaban J connectivity index is 1.19. The van der Waals surface area contributed by atoms with Gasteiger partial charge in [-0.3, -0.25) is 9.80 Å². The molecule has 4 heterocycles. The number of fused-ring (bicyclic) bond motifs is 6. The van der Waals surface area contributed by atoms with Gasteiger partial charge < -0.3 is 8.83 Å². The van der Waals surface area contributed by atoms with Crippen LogP contribution in [0.2, 0.25) is 0 Å². The van der Waals surface area contributed by atoms with Crippen molar-refractivity contribution in [1.29, 1.82) is 0 Å². The number of hydrogen-bond acceptors (Lipinski definition) is 6. The molecule has 2 aliphatic heterocycles. The number of oxazole rings is 2. The lowest BCUT2D eigenvalue weighted by atomic mass is 9.74. The number of anilines is 6. The molecule has 7 aromatic rings. The number of hydrogen-bond donors (Lipinski definition) is 0. The minimum atomic E-state index is -0.156. The average molecular weight is 575 g/mol. The molecule has 0 spiro atoms. The van der Waals surface area contributed by atoms with E-state index < -0.39 is 0 Å². The Labute approximate surface area is 255 Å². The smallest absolute Gasteiger partial charge is 0.307 e. The summed E-state index contributed by atoms with van der Waals surface area (Å²) in [4.78, 5) is 14.3. The minimum Gasteiger partial charge on any atom is -0.423 e. The summed E-state index contributed by atoms with van der Waals surface area (Å²) in [6, 6.07) is 38.9. The molecular formula is C38H30N4O2. The minimum absolute atomic E-state index is 0.156. The molecule has 2 aromatic heterocycles. The van der Waals surface area contributed by atoms with Crippen LogP contribution in [-0.4, -0.2) is 9.97 Å². The van der Waals surface area contributed by atoms with Crippen LogP contribution in [-0.2, 0) is 10.8 Å². The van der Waals surface area contributed by atoms with Gasteiger partial charge in [-0.25, -0.2) is 0 Å². The molecule has 6 heteroatoms. The van der Waals surface area contributed by atoms with E-state index >= 15 is 0 Å². The lowest BCUT2D eigenvalue weighted by Crippen LogP contribution is -2.30. The van der Waals surface area contributed by atoms with Gasteiger partial charge >= 0.3 is 12.0 Å². The van der Waals surface area contributed by atoms with Crippen LogP contribution >= 0.6 is 0 Å². The molecule has 0 amide bonds. The van der Waals surface area contributed by atoms with Gasteiger partial charge in [0.2, 0.25) is 0 Å². The van der Waals surface area contributed by atoms with E-state index in [0.717, 1.165) is 33.8 Å². The molecule has 0 fully saturated rings. The summed E-state index contributed by atoms with van der Waals surface area (Å²) in [5.74, 6) is 0. The Morgan fingerprint density at radius 2 is 0.750 bits per heavy atom. The highest BCUT2D eigenvalue weighted by atomic mass is 16.4. The van der Waals surface area contributed by atoms with Crippen LogP contribution in [0.1, 0.15) is 49.9 Å². The number of benzene rings is 5. The zero-order valence-electron chi connectivity index (χ0n) is 25.0. The van der Waals surface area contributed by atoms with Gasteiger partial charge in [0.05, 0.1) is 22.7 Å². The number of rotatable bonds is 2. The quantitative estimate of drug-likeness (QED) is 0.205. The molecule has 214 valence electrons. The monoisotopic (exact) mass is 574 g/mol. The lowest BCUT2D eigenvalue weighted by molar-refractivity contribution is 0.589. The molecule has 5 aromatic carbocycles. The number of para-hydroxylation sites is 4. The zero-order valence-corrected chi connectivity index (χ0v) is 25.0. The fourth-order valence-corrected chi connectivity index (χ4v) is 7.27. The maximum absolute atomic E-state index is 6.51. The first kappa shape index (κ1) is 25.2. The van der Waals surface area contributed by atoms with Crippen LogP contribution in [0.4, 0.5) is 34.8 Å². The van der Waals surface area contributed by atoms with Crippen molar-refractivity contribution in [2.24, 2.45) is 0 Å². The first-order chi connectivity index (χ1) is 21.3. The molecule has 2 aliphatic rings. The molecule has 0 atom stereocenters. The number of aromatic nitrogens is 2. The summed E-state index contributed by atoms with van der Waals surface area (Å²) >= 11 is 0. The van der Waals surface area contributed by atoms with Crippen molar-refractivity contribution in [1.82, 2.24) is 9.97 Å². The van der Waals surface area contributed by atoms with Crippen LogP contribution in [0.25, 0.3) is 22.2 Å². The van der Waals surface area contributed by atoms with E-state index in [4.69, 9.17) is 18.8 Å². The molecular weight excluding hydrogens is 544 g/mol. The molecule has 6 nitrogen and oxygen atoms in total. The lowest BCUT2D eigenvalue weighted by Gasteiger charge is -2.40. The third-order valence-corrected chi connectivity index (χ3v) is 9.53. The van der Waals surface area contributed by atoms with Gasteiger partial charge in [-0.2, -0.15) is 9.97 Å².